The first-order chi connectivity index (χ1) is 13.9. The Balaban J connectivity index is 1.49. The molecule has 2 aliphatic rings. The van der Waals surface area contributed by atoms with E-state index in [-0.39, 0.29) is 29.9 Å². The largest absolute Gasteiger partial charge is 0.339 e. The average molecular weight is 392 g/mol. The van der Waals surface area contributed by atoms with E-state index >= 15 is 0 Å². The first-order valence-corrected chi connectivity index (χ1v) is 10.4. The van der Waals surface area contributed by atoms with Crippen molar-refractivity contribution in [3.05, 3.63) is 66.0 Å². The number of hydrogen-bond donors (Lipinski definition) is 0. The molecule has 2 saturated heterocycles. The number of piperidine rings is 1. The molecule has 1 aromatic heterocycles. The van der Waals surface area contributed by atoms with Crippen molar-refractivity contribution in [1.82, 2.24) is 14.8 Å². The summed E-state index contributed by atoms with van der Waals surface area (Å²) in [5, 5.41) is 0. The quantitative estimate of drug-likeness (QED) is 0.799. The third-order valence-corrected chi connectivity index (χ3v) is 6.75. The lowest BCUT2D eigenvalue weighted by molar-refractivity contribution is -0.141. The Morgan fingerprint density at radius 1 is 1.03 bits per heavy atom. The van der Waals surface area contributed by atoms with Crippen LogP contribution < -0.4 is 0 Å². The zero-order chi connectivity index (χ0) is 20.6. The second-order valence-corrected chi connectivity index (χ2v) is 8.87. The van der Waals surface area contributed by atoms with Gasteiger partial charge in [0.2, 0.25) is 5.91 Å². The van der Waals surface area contributed by atoms with E-state index < -0.39 is 5.41 Å². The van der Waals surface area contributed by atoms with Crippen molar-refractivity contribution >= 4 is 11.8 Å². The molecule has 3 atom stereocenters. The number of benzene rings is 1. The number of nitrogens with zero attached hydrogens (tertiary/aromatic N) is 3. The van der Waals surface area contributed by atoms with Crippen LogP contribution in [0.3, 0.4) is 0 Å². The van der Waals surface area contributed by atoms with Gasteiger partial charge in [-0.2, -0.15) is 0 Å². The number of hydrogen-bond acceptors (Lipinski definition) is 3. The molecule has 0 aliphatic carbocycles. The fourth-order valence-electron chi connectivity index (χ4n) is 4.93. The van der Waals surface area contributed by atoms with Gasteiger partial charge in [0.1, 0.15) is 0 Å². The van der Waals surface area contributed by atoms with Crippen LogP contribution >= 0.6 is 0 Å². The van der Waals surface area contributed by atoms with Crippen LogP contribution in [0.4, 0.5) is 0 Å². The average Bonchev–Trinajstić information content (AvgIpc) is 3.02. The molecule has 2 bridgehead atoms. The molecule has 0 spiro atoms. The topological polar surface area (TPSA) is 53.5 Å². The summed E-state index contributed by atoms with van der Waals surface area (Å²) >= 11 is 0. The van der Waals surface area contributed by atoms with Gasteiger partial charge in [-0.1, -0.05) is 24.3 Å². The van der Waals surface area contributed by atoms with Crippen LogP contribution in [0.15, 0.2) is 54.9 Å². The maximum Gasteiger partial charge on any atom is 0.253 e. The van der Waals surface area contributed by atoms with Crippen LogP contribution in [-0.2, 0) is 10.2 Å². The maximum atomic E-state index is 13.5. The maximum absolute atomic E-state index is 13.5. The van der Waals surface area contributed by atoms with Gasteiger partial charge in [-0.05, 0) is 63.3 Å². The van der Waals surface area contributed by atoms with Gasteiger partial charge in [-0.25, -0.2) is 0 Å². The molecule has 5 heteroatoms. The van der Waals surface area contributed by atoms with Gasteiger partial charge in [-0.15, -0.1) is 0 Å². The molecule has 152 valence electrons. The first kappa shape index (κ1) is 19.6. The molecule has 0 N–H and O–H groups in total. The van der Waals surface area contributed by atoms with E-state index in [0.29, 0.717) is 0 Å². The van der Waals surface area contributed by atoms with Crippen molar-refractivity contribution in [2.75, 3.05) is 7.05 Å². The van der Waals surface area contributed by atoms with E-state index in [2.05, 4.69) is 9.88 Å². The molecule has 0 radical (unpaired) electrons. The summed E-state index contributed by atoms with van der Waals surface area (Å²) in [5.74, 6) is 0.235. The van der Waals surface area contributed by atoms with Crippen molar-refractivity contribution in [2.45, 2.75) is 63.1 Å². The highest BCUT2D eigenvalue weighted by Crippen LogP contribution is 2.40. The molecule has 1 aromatic carbocycles. The predicted molar refractivity (Wildman–Crippen MR) is 112 cm³/mol. The van der Waals surface area contributed by atoms with Crippen molar-refractivity contribution in [2.24, 2.45) is 0 Å². The number of amides is 2. The number of pyridine rings is 1. The normalized spacial score (nSPS) is 23.7. The Bertz CT molecular complexity index is 868. The molecular weight excluding hydrogens is 362 g/mol. The minimum atomic E-state index is -0.603. The Labute approximate surface area is 172 Å². The second kappa shape index (κ2) is 7.62. The molecule has 29 heavy (non-hydrogen) atoms. The van der Waals surface area contributed by atoms with Crippen LogP contribution in [0.1, 0.15) is 55.5 Å². The number of carbonyl (C=O) groups is 2. The molecule has 1 unspecified atom stereocenters. The van der Waals surface area contributed by atoms with E-state index in [4.69, 9.17) is 0 Å². The lowest BCUT2D eigenvalue weighted by Crippen LogP contribution is -2.56. The number of rotatable bonds is 4. The van der Waals surface area contributed by atoms with Gasteiger partial charge >= 0.3 is 0 Å². The fourth-order valence-corrected chi connectivity index (χ4v) is 4.93. The van der Waals surface area contributed by atoms with Gasteiger partial charge in [0.15, 0.2) is 0 Å². The van der Waals surface area contributed by atoms with Crippen molar-refractivity contribution in [1.29, 1.82) is 0 Å². The van der Waals surface area contributed by atoms with Gasteiger partial charge in [-0.3, -0.25) is 14.6 Å². The Hall–Kier alpha value is -2.69. The molecule has 3 heterocycles. The van der Waals surface area contributed by atoms with Gasteiger partial charge in [0.05, 0.1) is 5.41 Å². The summed E-state index contributed by atoms with van der Waals surface area (Å²) in [6.45, 7) is 3.98. The Morgan fingerprint density at radius 2 is 1.69 bits per heavy atom. The molecule has 2 aliphatic heterocycles. The highest BCUT2D eigenvalue weighted by molar-refractivity contribution is 5.94. The minimum Gasteiger partial charge on any atom is -0.339 e. The predicted octanol–water partition coefficient (Wildman–Crippen LogP) is 3.65. The molecule has 5 nitrogen and oxygen atoms in total. The summed E-state index contributed by atoms with van der Waals surface area (Å²) in [6.07, 6.45) is 7.26. The number of carbonyl (C=O) groups excluding carboxylic acids is 2. The molecule has 2 fully saturated rings. The smallest absolute Gasteiger partial charge is 0.253 e. The molecule has 4 rings (SSSR count). The standard InChI is InChI=1S/C24H29N3O2/c1-24(2,18-10-7-13-25-16-18)23(29)27-19-11-12-20(27)15-21(14-19)26(3)22(28)17-8-5-4-6-9-17/h4-10,13,16,19-21H,11-12,14-15H2,1-3H3/t19-,20+,21?. The monoisotopic (exact) mass is 391 g/mol. The van der Waals surface area contributed by atoms with E-state index in [1.165, 1.54) is 0 Å². The fraction of sp³-hybridized carbons (Fsp3) is 0.458. The van der Waals surface area contributed by atoms with Crippen LogP contribution in [0, 0.1) is 0 Å². The van der Waals surface area contributed by atoms with Crippen LogP contribution in [0.25, 0.3) is 0 Å². The van der Waals surface area contributed by atoms with E-state index in [0.717, 1.165) is 36.8 Å². The van der Waals surface area contributed by atoms with Crippen molar-refractivity contribution < 1.29 is 9.59 Å². The summed E-state index contributed by atoms with van der Waals surface area (Å²) < 4.78 is 0. The van der Waals surface area contributed by atoms with Crippen molar-refractivity contribution in [3.63, 3.8) is 0 Å². The Morgan fingerprint density at radius 3 is 2.28 bits per heavy atom. The zero-order valence-electron chi connectivity index (χ0n) is 17.4. The summed E-state index contributed by atoms with van der Waals surface area (Å²) in [5.41, 5.74) is 1.06. The summed E-state index contributed by atoms with van der Waals surface area (Å²) in [4.78, 5) is 34.6. The molecule has 2 aromatic rings. The molecule has 0 saturated carbocycles. The second-order valence-electron chi connectivity index (χ2n) is 8.87. The van der Waals surface area contributed by atoms with Gasteiger partial charge < -0.3 is 9.80 Å². The van der Waals surface area contributed by atoms with Crippen LogP contribution in [0.2, 0.25) is 0 Å². The number of fused-ring (bicyclic) bond motifs is 2. The third-order valence-electron chi connectivity index (χ3n) is 6.75. The molecular formula is C24H29N3O2. The van der Waals surface area contributed by atoms with Crippen LogP contribution in [0.5, 0.6) is 0 Å². The Kier molecular flexibility index (Phi) is 5.15. The van der Waals surface area contributed by atoms with Gasteiger partial charge in [0, 0.05) is 43.1 Å². The lowest BCUT2D eigenvalue weighted by atomic mass is 9.82. The summed E-state index contributed by atoms with van der Waals surface area (Å²) in [7, 11) is 1.90. The zero-order valence-corrected chi connectivity index (χ0v) is 17.4. The molecule has 2 amide bonds. The summed E-state index contributed by atoms with van der Waals surface area (Å²) in [6, 6.07) is 13.9. The first-order valence-electron chi connectivity index (χ1n) is 10.4. The van der Waals surface area contributed by atoms with Gasteiger partial charge in [0.25, 0.3) is 5.91 Å². The third kappa shape index (κ3) is 3.54. The number of aromatic nitrogens is 1. The van der Waals surface area contributed by atoms with E-state index in [1.807, 2.05) is 68.3 Å². The van der Waals surface area contributed by atoms with Crippen molar-refractivity contribution in [3.8, 4) is 0 Å². The van der Waals surface area contributed by atoms with Crippen LogP contribution in [-0.4, -0.2) is 51.8 Å². The highest BCUT2D eigenvalue weighted by atomic mass is 16.2. The van der Waals surface area contributed by atoms with E-state index in [1.54, 1.807) is 12.4 Å². The SMILES string of the molecule is CN(C(=O)c1ccccc1)C1C[C@H]2CC[C@@H](C1)N2C(=O)C(C)(C)c1cccnc1. The highest BCUT2D eigenvalue weighted by Gasteiger charge is 2.48. The lowest BCUT2D eigenvalue weighted by Gasteiger charge is -2.44. The minimum absolute atomic E-state index is 0.0606. The van der Waals surface area contributed by atoms with E-state index in [9.17, 15) is 9.59 Å².